The van der Waals surface area contributed by atoms with Crippen LogP contribution in [-0.2, 0) is 0 Å². The summed E-state index contributed by atoms with van der Waals surface area (Å²) in [6.07, 6.45) is 0.901. The molecule has 0 atom stereocenters. The quantitative estimate of drug-likeness (QED) is 0.309. The monoisotopic (exact) mass is 418 g/mol. The van der Waals surface area contributed by atoms with Gasteiger partial charge in [0.2, 0.25) is 0 Å². The lowest BCUT2D eigenvalue weighted by Gasteiger charge is -2.06. The fourth-order valence-corrected chi connectivity index (χ4v) is 3.22. The third-order valence-corrected chi connectivity index (χ3v) is 4.68. The zero-order valence-electron chi connectivity index (χ0n) is 16.6. The first-order chi connectivity index (χ1) is 15.0. The number of hydrogen-bond donors (Lipinski definition) is 1. The highest BCUT2D eigenvalue weighted by atomic mass is 16.6. The number of aromatic nitrogens is 1. The Morgan fingerprint density at radius 3 is 2.68 bits per heavy atom. The second kappa shape index (κ2) is 8.27. The van der Waals surface area contributed by atoms with Crippen LogP contribution in [0.25, 0.3) is 33.7 Å². The molecule has 0 saturated heterocycles. The van der Waals surface area contributed by atoms with E-state index in [4.69, 9.17) is 9.15 Å². The second-order valence-electron chi connectivity index (χ2n) is 6.86. The van der Waals surface area contributed by atoms with Gasteiger partial charge in [-0.2, -0.15) is 0 Å². The first kappa shape index (κ1) is 20.1. The summed E-state index contributed by atoms with van der Waals surface area (Å²) in [5.41, 5.74) is 1.18. The number of fused-ring (bicyclic) bond motifs is 1. The number of carbonyl (C=O) groups is 1. The fourth-order valence-electron chi connectivity index (χ4n) is 3.22. The average Bonchev–Trinajstić information content (AvgIpc) is 3.27. The van der Waals surface area contributed by atoms with E-state index >= 15 is 0 Å². The van der Waals surface area contributed by atoms with E-state index in [1.807, 2.05) is 31.2 Å². The standard InChI is InChI=1S/C23H18N2O6/c1-2-10-30-16-5-3-4-14(11-16)21-8-9-22(31-21)20-13-18(23(26)27)17-12-15(25(28)29)6-7-19(17)24-20/h3-9,11-13H,2,10H2,1H3,(H,26,27). The van der Waals surface area contributed by atoms with E-state index in [-0.39, 0.29) is 16.6 Å². The van der Waals surface area contributed by atoms with Crippen LogP contribution in [0.2, 0.25) is 0 Å². The maximum absolute atomic E-state index is 11.8. The summed E-state index contributed by atoms with van der Waals surface area (Å²) in [6, 6.07) is 16.3. The number of rotatable bonds is 7. The molecule has 4 rings (SSSR count). The number of furan rings is 1. The molecule has 0 radical (unpaired) electrons. The minimum absolute atomic E-state index is 0.0865. The number of ether oxygens (including phenoxy) is 1. The van der Waals surface area contributed by atoms with Crippen molar-refractivity contribution in [2.45, 2.75) is 13.3 Å². The highest BCUT2D eigenvalue weighted by Gasteiger charge is 2.18. The van der Waals surface area contributed by atoms with Crippen molar-refractivity contribution in [3.05, 3.63) is 76.3 Å². The summed E-state index contributed by atoms with van der Waals surface area (Å²) >= 11 is 0. The molecule has 0 amide bonds. The predicted octanol–water partition coefficient (Wildman–Crippen LogP) is 5.56. The zero-order chi connectivity index (χ0) is 22.0. The molecule has 1 N–H and O–H groups in total. The van der Waals surface area contributed by atoms with E-state index in [0.29, 0.717) is 29.3 Å². The van der Waals surface area contributed by atoms with Gasteiger partial charge in [-0.05, 0) is 42.8 Å². The summed E-state index contributed by atoms with van der Waals surface area (Å²) < 4.78 is 11.6. The van der Waals surface area contributed by atoms with Crippen molar-refractivity contribution < 1.29 is 24.0 Å². The normalized spacial score (nSPS) is 10.9. The van der Waals surface area contributed by atoms with Gasteiger partial charge in [0.1, 0.15) is 17.2 Å². The summed E-state index contributed by atoms with van der Waals surface area (Å²) in [5, 5.41) is 20.9. The number of hydrogen-bond acceptors (Lipinski definition) is 6. The van der Waals surface area contributed by atoms with Gasteiger partial charge in [-0.3, -0.25) is 10.1 Å². The van der Waals surface area contributed by atoms with Gasteiger partial charge in [0.25, 0.3) is 5.69 Å². The summed E-state index contributed by atoms with van der Waals surface area (Å²) in [5.74, 6) is 0.495. The lowest BCUT2D eigenvalue weighted by atomic mass is 10.1. The van der Waals surface area contributed by atoms with Gasteiger partial charge in [0.15, 0.2) is 5.76 Å². The fraction of sp³-hybridized carbons (Fsp3) is 0.130. The third-order valence-electron chi connectivity index (χ3n) is 4.68. The molecule has 0 aliphatic heterocycles. The van der Waals surface area contributed by atoms with E-state index in [9.17, 15) is 20.0 Å². The van der Waals surface area contributed by atoms with Crippen LogP contribution in [0.15, 0.2) is 65.1 Å². The van der Waals surface area contributed by atoms with Crippen molar-refractivity contribution >= 4 is 22.6 Å². The third kappa shape index (κ3) is 4.09. The molecular weight excluding hydrogens is 400 g/mol. The van der Waals surface area contributed by atoms with Gasteiger partial charge in [0, 0.05) is 23.1 Å². The minimum Gasteiger partial charge on any atom is -0.494 e. The highest BCUT2D eigenvalue weighted by Crippen LogP contribution is 2.32. The molecule has 0 saturated carbocycles. The van der Waals surface area contributed by atoms with Gasteiger partial charge in [0.05, 0.1) is 22.6 Å². The molecular formula is C23H18N2O6. The van der Waals surface area contributed by atoms with Crippen LogP contribution in [0.1, 0.15) is 23.7 Å². The summed E-state index contributed by atoms with van der Waals surface area (Å²) in [4.78, 5) is 26.7. The number of nitro benzene ring substituents is 1. The molecule has 8 heteroatoms. The first-order valence-corrected chi connectivity index (χ1v) is 9.62. The number of pyridine rings is 1. The van der Waals surface area contributed by atoms with Crippen LogP contribution < -0.4 is 4.74 Å². The first-order valence-electron chi connectivity index (χ1n) is 9.62. The maximum atomic E-state index is 11.8. The van der Waals surface area contributed by atoms with Gasteiger partial charge < -0.3 is 14.3 Å². The van der Waals surface area contributed by atoms with Gasteiger partial charge in [-0.1, -0.05) is 19.1 Å². The maximum Gasteiger partial charge on any atom is 0.336 e. The van der Waals surface area contributed by atoms with Crippen molar-refractivity contribution in [3.8, 4) is 28.5 Å². The molecule has 0 aliphatic carbocycles. The van der Waals surface area contributed by atoms with Crippen molar-refractivity contribution in [3.63, 3.8) is 0 Å². The smallest absolute Gasteiger partial charge is 0.336 e. The Balaban J connectivity index is 1.75. The van der Waals surface area contributed by atoms with Gasteiger partial charge in [-0.15, -0.1) is 0 Å². The molecule has 0 spiro atoms. The minimum atomic E-state index is -1.21. The second-order valence-corrected chi connectivity index (χ2v) is 6.86. The van der Waals surface area contributed by atoms with Crippen molar-refractivity contribution in [2.24, 2.45) is 0 Å². The van der Waals surface area contributed by atoms with Crippen LogP contribution in [-0.4, -0.2) is 27.6 Å². The molecule has 0 bridgehead atoms. The Labute approximate surface area is 176 Å². The molecule has 0 fully saturated rings. The highest BCUT2D eigenvalue weighted by molar-refractivity contribution is 6.04. The zero-order valence-corrected chi connectivity index (χ0v) is 16.6. The number of carboxylic acid groups (broad SMARTS) is 1. The summed E-state index contributed by atoms with van der Waals surface area (Å²) in [7, 11) is 0. The van der Waals surface area contributed by atoms with Crippen LogP contribution >= 0.6 is 0 Å². The van der Waals surface area contributed by atoms with E-state index in [1.165, 1.54) is 24.3 Å². The van der Waals surface area contributed by atoms with E-state index in [2.05, 4.69) is 4.98 Å². The number of benzene rings is 2. The number of nitrogens with zero attached hydrogens (tertiary/aromatic N) is 2. The van der Waals surface area contributed by atoms with Crippen LogP contribution in [0, 0.1) is 10.1 Å². The van der Waals surface area contributed by atoms with Crippen molar-refractivity contribution in [1.29, 1.82) is 0 Å². The van der Waals surface area contributed by atoms with E-state index < -0.39 is 10.9 Å². The van der Waals surface area contributed by atoms with Gasteiger partial charge in [-0.25, -0.2) is 9.78 Å². The Bertz CT molecular complexity index is 1290. The Kier molecular flexibility index (Phi) is 5.36. The number of nitro groups is 1. The van der Waals surface area contributed by atoms with Crippen LogP contribution in [0.4, 0.5) is 5.69 Å². The largest absolute Gasteiger partial charge is 0.494 e. The SMILES string of the molecule is CCCOc1cccc(-c2ccc(-c3cc(C(=O)O)c4cc([N+](=O)[O-])ccc4n3)o2)c1. The molecule has 2 heterocycles. The lowest BCUT2D eigenvalue weighted by Crippen LogP contribution is -2.01. The number of non-ortho nitro benzene ring substituents is 1. The summed E-state index contributed by atoms with van der Waals surface area (Å²) in [6.45, 7) is 2.65. The molecule has 0 unspecified atom stereocenters. The predicted molar refractivity (Wildman–Crippen MR) is 114 cm³/mol. The topological polar surface area (TPSA) is 116 Å². The lowest BCUT2D eigenvalue weighted by molar-refractivity contribution is -0.384. The molecule has 31 heavy (non-hydrogen) atoms. The Morgan fingerprint density at radius 1 is 1.13 bits per heavy atom. The number of carboxylic acids is 1. The van der Waals surface area contributed by atoms with E-state index in [0.717, 1.165) is 17.7 Å². The van der Waals surface area contributed by atoms with Crippen molar-refractivity contribution in [2.75, 3.05) is 6.61 Å². The molecule has 156 valence electrons. The van der Waals surface area contributed by atoms with Crippen molar-refractivity contribution in [1.82, 2.24) is 4.98 Å². The molecule has 2 aromatic carbocycles. The Hall–Kier alpha value is -4.20. The molecule has 2 aromatic heterocycles. The molecule has 8 nitrogen and oxygen atoms in total. The van der Waals surface area contributed by atoms with E-state index in [1.54, 1.807) is 12.1 Å². The van der Waals surface area contributed by atoms with Crippen LogP contribution in [0.3, 0.4) is 0 Å². The molecule has 0 aliphatic rings. The molecule has 4 aromatic rings. The number of aromatic carboxylic acids is 1. The van der Waals surface area contributed by atoms with Gasteiger partial charge >= 0.3 is 5.97 Å². The average molecular weight is 418 g/mol. The Morgan fingerprint density at radius 2 is 1.94 bits per heavy atom. The van der Waals surface area contributed by atoms with Crippen LogP contribution in [0.5, 0.6) is 5.75 Å².